The van der Waals surface area contributed by atoms with Gasteiger partial charge in [-0.25, -0.2) is 0 Å². The van der Waals surface area contributed by atoms with Crippen LogP contribution in [0.2, 0.25) is 0 Å². The first-order valence-corrected chi connectivity index (χ1v) is 13.8. The number of benzene rings is 7. The van der Waals surface area contributed by atoms with Crippen LogP contribution in [0.5, 0.6) is 0 Å². The molecule has 0 saturated carbocycles. The second-order valence-electron chi connectivity index (χ2n) is 10.6. The summed E-state index contributed by atoms with van der Waals surface area (Å²) in [5.74, 6) is 0. The lowest BCUT2D eigenvalue weighted by Gasteiger charge is -2.12. The number of aromatic amines is 1. The van der Waals surface area contributed by atoms with E-state index in [9.17, 15) is 0 Å². The third kappa shape index (κ3) is 2.93. The number of nitrogens with one attached hydrogen (secondary N) is 1. The average molecular weight is 509 g/mol. The molecule has 0 saturated heterocycles. The minimum Gasteiger partial charge on any atom is -0.354 e. The fraction of sp³-hybridized carbons (Fsp3) is 0. The number of para-hydroxylation sites is 2. The smallest absolute Gasteiger partial charge is 0.0541 e. The van der Waals surface area contributed by atoms with Crippen LogP contribution < -0.4 is 0 Å². The molecule has 0 aliphatic rings. The quantitative estimate of drug-likeness (QED) is 0.240. The van der Waals surface area contributed by atoms with Crippen molar-refractivity contribution in [2.24, 2.45) is 0 Å². The van der Waals surface area contributed by atoms with Crippen molar-refractivity contribution in [3.8, 4) is 16.8 Å². The molecule has 0 aliphatic carbocycles. The summed E-state index contributed by atoms with van der Waals surface area (Å²) in [6.45, 7) is 0. The maximum atomic E-state index is 3.69. The standard InChI is InChI=1S/C38H24N2/c1-2-12-26-24(10-1)11-9-19-35(26)40-36-18-8-6-14-28(36)32-22-25(20-21-37(32)40)31-23-34-38(29-15-4-3-13-27(29)31)30-16-5-7-17-33(30)39-34/h1-23,39H. The van der Waals surface area contributed by atoms with Gasteiger partial charge >= 0.3 is 0 Å². The zero-order valence-corrected chi connectivity index (χ0v) is 21.7. The van der Waals surface area contributed by atoms with Gasteiger partial charge in [0.05, 0.1) is 16.7 Å². The summed E-state index contributed by atoms with van der Waals surface area (Å²) in [6, 6.07) is 50.7. The van der Waals surface area contributed by atoms with Crippen LogP contribution in [-0.2, 0) is 0 Å². The van der Waals surface area contributed by atoms with Crippen LogP contribution in [0.4, 0.5) is 0 Å². The van der Waals surface area contributed by atoms with Gasteiger partial charge < -0.3 is 9.55 Å². The summed E-state index contributed by atoms with van der Waals surface area (Å²) < 4.78 is 2.43. The third-order valence-electron chi connectivity index (χ3n) is 8.50. The number of rotatable bonds is 2. The lowest BCUT2D eigenvalue weighted by molar-refractivity contribution is 1.20. The summed E-state index contributed by atoms with van der Waals surface area (Å²) >= 11 is 0. The highest BCUT2D eigenvalue weighted by Crippen LogP contribution is 2.41. The highest BCUT2D eigenvalue weighted by molar-refractivity contribution is 6.23. The van der Waals surface area contributed by atoms with Crippen molar-refractivity contribution < 1.29 is 0 Å². The largest absolute Gasteiger partial charge is 0.354 e. The van der Waals surface area contributed by atoms with E-state index in [-0.39, 0.29) is 0 Å². The van der Waals surface area contributed by atoms with Gasteiger partial charge in [0, 0.05) is 38.0 Å². The van der Waals surface area contributed by atoms with E-state index < -0.39 is 0 Å². The first-order chi connectivity index (χ1) is 19.8. The molecule has 2 heterocycles. The van der Waals surface area contributed by atoms with Crippen molar-refractivity contribution in [3.05, 3.63) is 140 Å². The zero-order valence-electron chi connectivity index (χ0n) is 21.7. The molecular weight excluding hydrogens is 484 g/mol. The Morgan fingerprint density at radius 3 is 2.00 bits per heavy atom. The molecule has 40 heavy (non-hydrogen) atoms. The summed E-state index contributed by atoms with van der Waals surface area (Å²) in [7, 11) is 0. The van der Waals surface area contributed by atoms with Gasteiger partial charge in [0.2, 0.25) is 0 Å². The highest BCUT2D eigenvalue weighted by Gasteiger charge is 2.17. The van der Waals surface area contributed by atoms with Crippen LogP contribution in [0, 0.1) is 0 Å². The number of aromatic nitrogens is 2. The van der Waals surface area contributed by atoms with E-state index in [1.54, 1.807) is 0 Å². The van der Waals surface area contributed by atoms with Gasteiger partial charge in [-0.15, -0.1) is 0 Å². The molecule has 186 valence electrons. The van der Waals surface area contributed by atoms with E-state index in [0.29, 0.717) is 0 Å². The second-order valence-corrected chi connectivity index (χ2v) is 10.6. The van der Waals surface area contributed by atoms with Gasteiger partial charge in [0.15, 0.2) is 0 Å². The van der Waals surface area contributed by atoms with Gasteiger partial charge in [0.25, 0.3) is 0 Å². The minimum absolute atomic E-state index is 1.17. The molecule has 9 rings (SSSR count). The lowest BCUT2D eigenvalue weighted by atomic mass is 9.94. The van der Waals surface area contributed by atoms with Gasteiger partial charge in [-0.3, -0.25) is 0 Å². The van der Waals surface area contributed by atoms with E-state index in [2.05, 4.69) is 149 Å². The Morgan fingerprint density at radius 1 is 0.425 bits per heavy atom. The molecule has 0 atom stereocenters. The van der Waals surface area contributed by atoms with Crippen molar-refractivity contribution in [2.75, 3.05) is 0 Å². The molecule has 7 aromatic carbocycles. The van der Waals surface area contributed by atoms with Crippen molar-refractivity contribution in [3.63, 3.8) is 0 Å². The molecule has 9 aromatic rings. The normalized spacial score (nSPS) is 12.0. The molecule has 2 heteroatoms. The number of fused-ring (bicyclic) bond motifs is 9. The van der Waals surface area contributed by atoms with Gasteiger partial charge in [-0.1, -0.05) is 103 Å². The van der Waals surface area contributed by atoms with Gasteiger partial charge in [-0.05, 0) is 63.7 Å². The van der Waals surface area contributed by atoms with Gasteiger partial charge in [0.1, 0.15) is 0 Å². The van der Waals surface area contributed by atoms with Crippen LogP contribution in [0.25, 0.3) is 82.0 Å². The molecule has 1 N–H and O–H groups in total. The summed E-state index contributed by atoms with van der Waals surface area (Å²) in [5, 5.41) is 10.2. The average Bonchev–Trinajstić information content (AvgIpc) is 3.56. The molecule has 0 fully saturated rings. The lowest BCUT2D eigenvalue weighted by Crippen LogP contribution is -1.95. The molecular formula is C38H24N2. The van der Waals surface area contributed by atoms with Crippen molar-refractivity contribution in [1.82, 2.24) is 9.55 Å². The van der Waals surface area contributed by atoms with E-state index in [1.165, 1.54) is 82.0 Å². The van der Waals surface area contributed by atoms with Crippen LogP contribution in [-0.4, -0.2) is 9.55 Å². The molecule has 2 nitrogen and oxygen atoms in total. The van der Waals surface area contributed by atoms with Gasteiger partial charge in [-0.2, -0.15) is 0 Å². The molecule has 0 spiro atoms. The van der Waals surface area contributed by atoms with E-state index >= 15 is 0 Å². The van der Waals surface area contributed by atoms with Crippen molar-refractivity contribution in [2.45, 2.75) is 0 Å². The molecule has 0 aliphatic heterocycles. The fourth-order valence-corrected chi connectivity index (χ4v) is 6.76. The van der Waals surface area contributed by atoms with E-state index in [0.717, 1.165) is 0 Å². The Balaban J connectivity index is 1.36. The Kier molecular flexibility index (Phi) is 4.36. The monoisotopic (exact) mass is 508 g/mol. The maximum absolute atomic E-state index is 3.69. The third-order valence-corrected chi connectivity index (χ3v) is 8.50. The topological polar surface area (TPSA) is 20.7 Å². The summed E-state index contributed by atoms with van der Waals surface area (Å²) in [5.41, 5.74) is 8.48. The number of hydrogen-bond donors (Lipinski definition) is 1. The molecule has 2 aromatic heterocycles. The Hall–Kier alpha value is -5.34. The predicted octanol–water partition coefficient (Wildman–Crippen LogP) is 10.4. The molecule has 0 amide bonds. The van der Waals surface area contributed by atoms with Crippen LogP contribution in [0.15, 0.2) is 140 Å². The fourth-order valence-electron chi connectivity index (χ4n) is 6.76. The highest BCUT2D eigenvalue weighted by atomic mass is 15.0. The zero-order chi connectivity index (χ0) is 26.2. The van der Waals surface area contributed by atoms with E-state index in [4.69, 9.17) is 0 Å². The predicted molar refractivity (Wildman–Crippen MR) is 171 cm³/mol. The first kappa shape index (κ1) is 21.6. The number of H-pyrrole nitrogens is 1. The van der Waals surface area contributed by atoms with E-state index in [1.807, 2.05) is 0 Å². The van der Waals surface area contributed by atoms with Crippen molar-refractivity contribution >= 4 is 65.2 Å². The number of hydrogen-bond acceptors (Lipinski definition) is 0. The summed E-state index contributed by atoms with van der Waals surface area (Å²) in [6.07, 6.45) is 0. The Morgan fingerprint density at radius 2 is 1.10 bits per heavy atom. The number of nitrogens with zero attached hydrogens (tertiary/aromatic N) is 1. The summed E-state index contributed by atoms with van der Waals surface area (Å²) in [4.78, 5) is 3.69. The van der Waals surface area contributed by atoms with Crippen LogP contribution in [0.1, 0.15) is 0 Å². The minimum atomic E-state index is 1.17. The SMILES string of the molecule is c1ccc2c(-n3c4ccccc4c4cc(-c5cc6[nH]c7ccccc7c6c6ccccc56)ccc43)cccc2c1. The Labute approximate surface area is 230 Å². The maximum Gasteiger partial charge on any atom is 0.0541 e. The van der Waals surface area contributed by atoms with Crippen LogP contribution in [0.3, 0.4) is 0 Å². The molecule has 0 unspecified atom stereocenters. The first-order valence-electron chi connectivity index (χ1n) is 13.8. The molecule has 0 bridgehead atoms. The van der Waals surface area contributed by atoms with Crippen LogP contribution >= 0.6 is 0 Å². The Bertz CT molecular complexity index is 2430. The molecule has 0 radical (unpaired) electrons. The van der Waals surface area contributed by atoms with Crippen molar-refractivity contribution in [1.29, 1.82) is 0 Å². The second kappa shape index (κ2) is 8.08.